The predicted octanol–water partition coefficient (Wildman–Crippen LogP) is 2.67. The molecule has 0 rings (SSSR count). The molecule has 0 saturated carbocycles. The number of hydrogen-bond donors (Lipinski definition) is 0. The van der Waals surface area contributed by atoms with Crippen LogP contribution in [0.1, 0.15) is 34.1 Å². The van der Waals surface area contributed by atoms with Crippen LogP contribution in [-0.2, 0) is 14.3 Å². The van der Waals surface area contributed by atoms with E-state index in [4.69, 9.17) is 4.74 Å². The van der Waals surface area contributed by atoms with E-state index in [1.165, 1.54) is 0 Å². The third-order valence-corrected chi connectivity index (χ3v) is 1.85. The minimum absolute atomic E-state index is 0.217. The van der Waals surface area contributed by atoms with Crippen molar-refractivity contribution in [3.8, 4) is 0 Å². The Morgan fingerprint density at radius 2 is 1.94 bits per heavy atom. The van der Waals surface area contributed by atoms with Gasteiger partial charge in [0.15, 0.2) is 0 Å². The van der Waals surface area contributed by atoms with Gasteiger partial charge < -0.3 is 9.53 Å². The Bertz CT molecular complexity index is 293. The topological polar surface area (TPSA) is 43.4 Å². The predicted molar refractivity (Wildman–Crippen MR) is 64.0 cm³/mol. The maximum atomic E-state index is 11.3. The van der Waals surface area contributed by atoms with Crippen LogP contribution in [0.25, 0.3) is 0 Å². The number of carbonyl (C=O) groups excluding carboxylic acids is 2. The van der Waals surface area contributed by atoms with E-state index in [1.54, 1.807) is 12.2 Å². The van der Waals surface area contributed by atoms with Gasteiger partial charge in [0.05, 0.1) is 5.41 Å². The zero-order chi connectivity index (χ0) is 12.6. The molecule has 3 heteroatoms. The van der Waals surface area contributed by atoms with E-state index in [1.807, 2.05) is 33.8 Å². The zero-order valence-electron chi connectivity index (χ0n) is 10.4. The lowest BCUT2D eigenvalue weighted by molar-refractivity contribution is -0.151. The molecule has 0 N–H and O–H groups in total. The first kappa shape index (κ1) is 14.6. The Morgan fingerprint density at radius 3 is 2.44 bits per heavy atom. The standard InChI is InChI=1S/C13H20O3/c1-11(8-9-14)7-5-6-10-16-12(15)13(2,3)4/h5-7,9H,8,10H2,1-4H3/b6-5+,11-7+. The lowest BCUT2D eigenvalue weighted by Crippen LogP contribution is -2.22. The summed E-state index contributed by atoms with van der Waals surface area (Å²) in [6.07, 6.45) is 6.66. The molecule has 0 spiro atoms. The molecule has 90 valence electrons. The van der Waals surface area contributed by atoms with Gasteiger partial charge in [-0.2, -0.15) is 0 Å². The van der Waals surface area contributed by atoms with Crippen LogP contribution >= 0.6 is 0 Å². The van der Waals surface area contributed by atoms with E-state index >= 15 is 0 Å². The Morgan fingerprint density at radius 1 is 1.31 bits per heavy atom. The molecule has 0 radical (unpaired) electrons. The lowest BCUT2D eigenvalue weighted by Gasteiger charge is -2.15. The Hall–Kier alpha value is -1.38. The number of rotatable bonds is 5. The zero-order valence-corrected chi connectivity index (χ0v) is 10.4. The van der Waals surface area contributed by atoms with Crippen molar-refractivity contribution in [1.82, 2.24) is 0 Å². The van der Waals surface area contributed by atoms with Gasteiger partial charge in [-0.15, -0.1) is 0 Å². The summed E-state index contributed by atoms with van der Waals surface area (Å²) in [7, 11) is 0. The Balaban J connectivity index is 3.91. The highest BCUT2D eigenvalue weighted by Crippen LogP contribution is 2.14. The molecular formula is C13H20O3. The largest absolute Gasteiger partial charge is 0.461 e. The minimum atomic E-state index is -0.461. The van der Waals surface area contributed by atoms with Crippen molar-refractivity contribution < 1.29 is 14.3 Å². The average Bonchev–Trinajstić information content (AvgIpc) is 2.16. The summed E-state index contributed by atoms with van der Waals surface area (Å²) in [6, 6.07) is 0. The number of ether oxygens (including phenoxy) is 1. The van der Waals surface area contributed by atoms with Gasteiger partial charge in [0.2, 0.25) is 0 Å². The Labute approximate surface area is 97.2 Å². The SMILES string of the molecule is C/C(=C\C=C\COC(=O)C(C)(C)C)CC=O. The molecule has 0 fully saturated rings. The second-order valence-electron chi connectivity index (χ2n) is 4.66. The van der Waals surface area contributed by atoms with Crippen LogP contribution in [0.3, 0.4) is 0 Å². The summed E-state index contributed by atoms with van der Waals surface area (Å²) in [6.45, 7) is 7.58. The van der Waals surface area contributed by atoms with Gasteiger partial charge in [-0.1, -0.05) is 17.7 Å². The summed E-state index contributed by atoms with van der Waals surface area (Å²) in [5, 5.41) is 0. The van der Waals surface area contributed by atoms with Crippen LogP contribution in [0.15, 0.2) is 23.8 Å². The van der Waals surface area contributed by atoms with Crippen LogP contribution < -0.4 is 0 Å². The van der Waals surface area contributed by atoms with Crippen LogP contribution in [-0.4, -0.2) is 18.9 Å². The van der Waals surface area contributed by atoms with E-state index in [2.05, 4.69) is 0 Å². The van der Waals surface area contributed by atoms with Crippen molar-refractivity contribution in [2.75, 3.05) is 6.61 Å². The van der Waals surface area contributed by atoms with E-state index in [-0.39, 0.29) is 12.6 Å². The molecule has 0 unspecified atom stereocenters. The summed E-state index contributed by atoms with van der Waals surface area (Å²) in [5.41, 5.74) is 0.519. The van der Waals surface area contributed by atoms with Crippen LogP contribution in [0.5, 0.6) is 0 Å². The molecular weight excluding hydrogens is 204 g/mol. The van der Waals surface area contributed by atoms with Gasteiger partial charge in [0.25, 0.3) is 0 Å². The van der Waals surface area contributed by atoms with Crippen LogP contribution in [0.2, 0.25) is 0 Å². The van der Waals surface area contributed by atoms with Gasteiger partial charge in [-0.05, 0) is 33.8 Å². The average molecular weight is 224 g/mol. The first-order valence-electron chi connectivity index (χ1n) is 5.31. The second kappa shape index (κ2) is 6.99. The lowest BCUT2D eigenvalue weighted by atomic mass is 9.97. The van der Waals surface area contributed by atoms with Gasteiger partial charge in [0, 0.05) is 6.42 Å². The van der Waals surface area contributed by atoms with Gasteiger partial charge >= 0.3 is 5.97 Å². The van der Waals surface area contributed by atoms with Gasteiger partial charge in [-0.25, -0.2) is 0 Å². The van der Waals surface area contributed by atoms with E-state index in [0.717, 1.165) is 11.9 Å². The van der Waals surface area contributed by atoms with Crippen molar-refractivity contribution >= 4 is 12.3 Å². The molecule has 0 aliphatic heterocycles. The maximum absolute atomic E-state index is 11.3. The molecule has 0 saturated heterocycles. The molecule has 0 amide bonds. The highest BCUT2D eigenvalue weighted by molar-refractivity contribution is 5.75. The third-order valence-electron chi connectivity index (χ3n) is 1.85. The smallest absolute Gasteiger partial charge is 0.311 e. The summed E-state index contributed by atoms with van der Waals surface area (Å²) in [5.74, 6) is -0.217. The molecule has 0 heterocycles. The number of carbonyl (C=O) groups is 2. The number of allylic oxidation sites excluding steroid dienone is 3. The van der Waals surface area contributed by atoms with Crippen molar-refractivity contribution in [2.24, 2.45) is 5.41 Å². The number of esters is 1. The summed E-state index contributed by atoms with van der Waals surface area (Å²) >= 11 is 0. The fourth-order valence-corrected chi connectivity index (χ4v) is 0.828. The van der Waals surface area contributed by atoms with Crippen LogP contribution in [0.4, 0.5) is 0 Å². The van der Waals surface area contributed by atoms with Crippen molar-refractivity contribution in [2.45, 2.75) is 34.1 Å². The molecule has 0 aromatic heterocycles. The fraction of sp³-hybridized carbons (Fsp3) is 0.538. The van der Waals surface area contributed by atoms with E-state index < -0.39 is 5.41 Å². The Kier molecular flexibility index (Phi) is 6.38. The third kappa shape index (κ3) is 6.98. The van der Waals surface area contributed by atoms with E-state index in [0.29, 0.717) is 6.42 Å². The first-order valence-corrected chi connectivity index (χ1v) is 5.31. The molecule has 0 aromatic carbocycles. The minimum Gasteiger partial charge on any atom is -0.461 e. The van der Waals surface area contributed by atoms with Gasteiger partial charge in [-0.3, -0.25) is 4.79 Å². The number of aldehydes is 1. The molecule has 0 atom stereocenters. The quantitative estimate of drug-likeness (QED) is 0.409. The normalized spacial score (nSPS) is 12.9. The van der Waals surface area contributed by atoms with Gasteiger partial charge in [0.1, 0.15) is 12.9 Å². The summed E-state index contributed by atoms with van der Waals surface area (Å²) < 4.78 is 5.02. The first-order chi connectivity index (χ1) is 7.38. The maximum Gasteiger partial charge on any atom is 0.311 e. The van der Waals surface area contributed by atoms with Crippen molar-refractivity contribution in [1.29, 1.82) is 0 Å². The highest BCUT2D eigenvalue weighted by Gasteiger charge is 2.22. The second-order valence-corrected chi connectivity index (χ2v) is 4.66. The van der Waals surface area contributed by atoms with Crippen molar-refractivity contribution in [3.63, 3.8) is 0 Å². The molecule has 0 aliphatic rings. The monoisotopic (exact) mass is 224 g/mol. The number of hydrogen-bond acceptors (Lipinski definition) is 3. The van der Waals surface area contributed by atoms with E-state index in [9.17, 15) is 9.59 Å². The fourth-order valence-electron chi connectivity index (χ4n) is 0.828. The molecule has 0 bridgehead atoms. The molecule has 0 aliphatic carbocycles. The highest BCUT2D eigenvalue weighted by atomic mass is 16.5. The molecule has 0 aromatic rings. The summed E-state index contributed by atoms with van der Waals surface area (Å²) in [4.78, 5) is 21.5. The molecule has 3 nitrogen and oxygen atoms in total. The van der Waals surface area contributed by atoms with Crippen LogP contribution in [0, 0.1) is 5.41 Å². The molecule has 16 heavy (non-hydrogen) atoms. The van der Waals surface area contributed by atoms with Crippen molar-refractivity contribution in [3.05, 3.63) is 23.8 Å².